The van der Waals surface area contributed by atoms with E-state index in [0.29, 0.717) is 19.3 Å². The van der Waals surface area contributed by atoms with E-state index in [2.05, 4.69) is 6.92 Å². The van der Waals surface area contributed by atoms with Gasteiger partial charge in [0.2, 0.25) is 0 Å². The zero-order chi connectivity index (χ0) is 19.1. The molecule has 0 aromatic rings. The molecule has 4 heteroatoms. The molecule has 142 valence electrons. The smallest absolute Gasteiger partial charge is 0.156 e. The lowest BCUT2D eigenvalue weighted by Crippen LogP contribution is -2.66. The highest BCUT2D eigenvalue weighted by Gasteiger charge is 2.70. The summed E-state index contributed by atoms with van der Waals surface area (Å²) in [4.78, 5) is 24.2. The zero-order valence-corrected chi connectivity index (χ0v) is 16.1. The average Bonchev–Trinajstić information content (AvgIpc) is 2.89. The molecule has 4 aliphatic carbocycles. The highest BCUT2D eigenvalue weighted by atomic mass is 19.1. The fraction of sp³-hybridized carbons (Fsp3) is 0.727. The second kappa shape index (κ2) is 5.37. The van der Waals surface area contributed by atoms with Crippen LogP contribution in [-0.4, -0.2) is 28.4 Å². The summed E-state index contributed by atoms with van der Waals surface area (Å²) in [5, 5.41) is 11.1. The quantitative estimate of drug-likeness (QED) is 0.770. The predicted molar refractivity (Wildman–Crippen MR) is 97.1 cm³/mol. The van der Waals surface area contributed by atoms with Gasteiger partial charge in [0, 0.05) is 23.7 Å². The number of halogens is 1. The molecule has 0 aromatic heterocycles. The number of hydrogen-bond donors (Lipinski definition) is 1. The van der Waals surface area contributed by atoms with Crippen molar-refractivity contribution >= 4 is 11.6 Å². The van der Waals surface area contributed by atoms with E-state index < -0.39 is 23.1 Å². The molecule has 0 spiro atoms. The van der Waals surface area contributed by atoms with E-state index in [9.17, 15) is 14.7 Å². The van der Waals surface area contributed by atoms with Gasteiger partial charge in [-0.1, -0.05) is 25.5 Å². The van der Waals surface area contributed by atoms with Gasteiger partial charge in [0.05, 0.1) is 6.10 Å². The summed E-state index contributed by atoms with van der Waals surface area (Å²) >= 11 is 0. The van der Waals surface area contributed by atoms with Crippen LogP contribution in [0.15, 0.2) is 23.3 Å². The Morgan fingerprint density at radius 1 is 1.31 bits per heavy atom. The van der Waals surface area contributed by atoms with Crippen LogP contribution in [0.1, 0.15) is 59.8 Å². The van der Waals surface area contributed by atoms with Crippen LogP contribution in [-0.2, 0) is 9.59 Å². The van der Waals surface area contributed by atoms with E-state index in [1.807, 2.05) is 19.9 Å². The number of aliphatic hydroxyl groups is 1. The molecule has 0 aliphatic heterocycles. The zero-order valence-electron chi connectivity index (χ0n) is 16.1. The van der Waals surface area contributed by atoms with Crippen molar-refractivity contribution in [2.45, 2.75) is 71.6 Å². The molecule has 0 unspecified atom stereocenters. The maximum atomic E-state index is 16.8. The lowest BCUT2D eigenvalue weighted by atomic mass is 9.45. The number of alkyl halides is 1. The first-order chi connectivity index (χ1) is 12.1. The number of aliphatic hydroxyl groups excluding tert-OH is 1. The van der Waals surface area contributed by atoms with Crippen molar-refractivity contribution in [3.63, 3.8) is 0 Å². The fourth-order valence-electron chi connectivity index (χ4n) is 7.07. The van der Waals surface area contributed by atoms with Crippen LogP contribution >= 0.6 is 0 Å². The Morgan fingerprint density at radius 3 is 2.65 bits per heavy atom. The third-order valence-corrected chi connectivity index (χ3v) is 8.41. The Morgan fingerprint density at radius 2 is 2.00 bits per heavy atom. The van der Waals surface area contributed by atoms with Gasteiger partial charge < -0.3 is 5.11 Å². The molecule has 4 rings (SSSR count). The Hall–Kier alpha value is -1.29. The van der Waals surface area contributed by atoms with E-state index in [0.717, 1.165) is 24.0 Å². The maximum absolute atomic E-state index is 16.8. The molecule has 4 aliphatic rings. The Labute approximate surface area is 154 Å². The van der Waals surface area contributed by atoms with Crippen LogP contribution in [0, 0.1) is 28.6 Å². The third kappa shape index (κ3) is 1.97. The molecule has 2 saturated carbocycles. The van der Waals surface area contributed by atoms with Gasteiger partial charge in [0.15, 0.2) is 11.5 Å². The van der Waals surface area contributed by atoms with Gasteiger partial charge in [-0.15, -0.1) is 0 Å². The second-order valence-corrected chi connectivity index (χ2v) is 9.57. The van der Waals surface area contributed by atoms with Crippen molar-refractivity contribution in [3.05, 3.63) is 23.3 Å². The summed E-state index contributed by atoms with van der Waals surface area (Å²) in [6.07, 6.45) is 5.11. The van der Waals surface area contributed by atoms with Gasteiger partial charge in [-0.25, -0.2) is 4.39 Å². The van der Waals surface area contributed by atoms with E-state index in [1.165, 1.54) is 0 Å². The minimum absolute atomic E-state index is 0.0416. The van der Waals surface area contributed by atoms with E-state index in [4.69, 9.17) is 0 Å². The summed E-state index contributed by atoms with van der Waals surface area (Å²) in [6, 6.07) is 0. The summed E-state index contributed by atoms with van der Waals surface area (Å²) in [7, 11) is 0. The molecule has 0 radical (unpaired) electrons. The number of hydrogen-bond acceptors (Lipinski definition) is 3. The molecule has 7 atom stereocenters. The van der Waals surface area contributed by atoms with Crippen molar-refractivity contribution in [3.8, 4) is 0 Å². The summed E-state index contributed by atoms with van der Waals surface area (Å²) in [5.74, 6) is -0.259. The van der Waals surface area contributed by atoms with Crippen LogP contribution in [0.25, 0.3) is 0 Å². The first-order valence-electron chi connectivity index (χ1n) is 9.87. The number of carbonyl (C=O) groups is 2. The predicted octanol–water partition coefficient (Wildman–Crippen LogP) is 3.95. The van der Waals surface area contributed by atoms with Gasteiger partial charge in [-0.2, -0.15) is 0 Å². The minimum atomic E-state index is -1.78. The highest BCUT2D eigenvalue weighted by molar-refractivity contribution is 5.92. The molecule has 0 saturated heterocycles. The number of Topliss-reactive ketones (excluding diaryl/α,β-unsaturated/α-hetero) is 1. The van der Waals surface area contributed by atoms with Crippen LogP contribution < -0.4 is 0 Å². The minimum Gasteiger partial charge on any atom is -0.390 e. The number of allylic oxidation sites excluding steroid dienone is 4. The topological polar surface area (TPSA) is 54.4 Å². The largest absolute Gasteiger partial charge is 0.390 e. The van der Waals surface area contributed by atoms with Crippen molar-refractivity contribution < 1.29 is 19.1 Å². The van der Waals surface area contributed by atoms with Crippen LogP contribution in [0.4, 0.5) is 4.39 Å². The first-order valence-corrected chi connectivity index (χ1v) is 9.87. The number of carbonyl (C=O) groups excluding carboxylic acids is 2. The second-order valence-electron chi connectivity index (χ2n) is 9.57. The third-order valence-electron chi connectivity index (χ3n) is 8.41. The Kier molecular flexibility index (Phi) is 3.74. The monoisotopic (exact) mass is 360 g/mol. The maximum Gasteiger partial charge on any atom is 0.156 e. The number of rotatable bonds is 1. The molecular formula is C22H29FO3. The van der Waals surface area contributed by atoms with E-state index >= 15 is 4.39 Å². The molecule has 2 fully saturated rings. The SMILES string of the molecule is CC(=O)[C@H]1CC[C@H]2[C@@H]3C=C(C)C4=CC(=O)CC[C@]4(C)[C@@]3(F)[C@H](O)C[C@]12C. The van der Waals surface area contributed by atoms with Crippen LogP contribution in [0.2, 0.25) is 0 Å². The van der Waals surface area contributed by atoms with Crippen LogP contribution in [0.5, 0.6) is 0 Å². The molecule has 26 heavy (non-hydrogen) atoms. The average molecular weight is 360 g/mol. The van der Waals surface area contributed by atoms with E-state index in [-0.39, 0.29) is 28.8 Å². The summed E-state index contributed by atoms with van der Waals surface area (Å²) in [6.45, 7) is 7.54. The van der Waals surface area contributed by atoms with Gasteiger partial charge in [-0.05, 0) is 62.5 Å². The molecule has 3 nitrogen and oxygen atoms in total. The summed E-state index contributed by atoms with van der Waals surface area (Å²) < 4.78 is 16.8. The standard InChI is InChI=1S/C22H29FO3/c1-12-9-18-16-6-5-15(13(2)24)20(16,3)11-19(26)22(18,23)21(4)8-7-14(25)10-17(12)21/h9-10,15-16,18-19,26H,5-8,11H2,1-4H3/t15-,16+,18+,19-,20-,21+,22+/m1/s1. The van der Waals surface area contributed by atoms with Crippen molar-refractivity contribution in [2.24, 2.45) is 28.6 Å². The Bertz CT molecular complexity index is 752. The molecule has 0 aromatic carbocycles. The van der Waals surface area contributed by atoms with Gasteiger partial charge >= 0.3 is 0 Å². The first kappa shape index (κ1) is 18.1. The number of ketones is 2. The number of fused-ring (bicyclic) bond motifs is 5. The lowest BCUT2D eigenvalue weighted by molar-refractivity contribution is -0.187. The molecule has 1 N–H and O–H groups in total. The molecule has 0 heterocycles. The summed E-state index contributed by atoms with van der Waals surface area (Å²) in [5.41, 5.74) is -1.27. The molecule has 0 amide bonds. The van der Waals surface area contributed by atoms with Crippen molar-refractivity contribution in [1.29, 1.82) is 0 Å². The Balaban J connectivity index is 1.89. The highest BCUT2D eigenvalue weighted by Crippen LogP contribution is 2.68. The van der Waals surface area contributed by atoms with Crippen molar-refractivity contribution in [1.82, 2.24) is 0 Å². The van der Waals surface area contributed by atoms with E-state index in [1.54, 1.807) is 13.0 Å². The molecule has 0 bridgehead atoms. The van der Waals surface area contributed by atoms with Gasteiger partial charge in [0.1, 0.15) is 5.78 Å². The van der Waals surface area contributed by atoms with Gasteiger partial charge in [-0.3, -0.25) is 9.59 Å². The molecular weight excluding hydrogens is 331 g/mol. The van der Waals surface area contributed by atoms with Crippen LogP contribution in [0.3, 0.4) is 0 Å². The normalized spacial score (nSPS) is 50.3. The van der Waals surface area contributed by atoms with Gasteiger partial charge in [0.25, 0.3) is 0 Å². The lowest BCUT2D eigenvalue weighted by Gasteiger charge is -2.61. The fourth-order valence-corrected chi connectivity index (χ4v) is 7.07. The van der Waals surface area contributed by atoms with Crippen molar-refractivity contribution in [2.75, 3.05) is 0 Å².